The van der Waals surface area contributed by atoms with E-state index in [2.05, 4.69) is 5.16 Å². The Balaban J connectivity index is 1.91. The number of benzene rings is 1. The molecule has 19 heavy (non-hydrogen) atoms. The summed E-state index contributed by atoms with van der Waals surface area (Å²) >= 11 is 0. The molecule has 1 saturated carbocycles. The van der Waals surface area contributed by atoms with Crippen LogP contribution in [0.5, 0.6) is 0 Å². The number of halogens is 1. The Morgan fingerprint density at radius 3 is 2.79 bits per heavy atom. The summed E-state index contributed by atoms with van der Waals surface area (Å²) in [5.41, 5.74) is 1.62. The van der Waals surface area contributed by atoms with Crippen LogP contribution in [0.1, 0.15) is 36.8 Å². The normalized spacial score (nSPS) is 18.9. The molecule has 0 saturated heterocycles. The number of hydrogen-bond acceptors (Lipinski definition) is 4. The number of nitrogens with zero attached hydrogens (tertiary/aromatic N) is 2. The van der Waals surface area contributed by atoms with E-state index in [-0.39, 0.29) is 18.5 Å². The van der Waals surface area contributed by atoms with Gasteiger partial charge in [0.25, 0.3) is 0 Å². The van der Waals surface area contributed by atoms with Gasteiger partial charge in [0.2, 0.25) is 0 Å². The highest BCUT2D eigenvalue weighted by Gasteiger charge is 2.19. The minimum absolute atomic E-state index is 0.0515. The molecular weight excluding hydrogens is 247 g/mol. The van der Waals surface area contributed by atoms with Crippen molar-refractivity contribution in [3.05, 3.63) is 35.1 Å². The molecule has 0 atom stereocenters. The van der Waals surface area contributed by atoms with E-state index in [9.17, 15) is 4.39 Å². The third kappa shape index (κ3) is 3.52. The lowest BCUT2D eigenvalue weighted by atomic mass is 9.96. The van der Waals surface area contributed by atoms with E-state index in [1.54, 1.807) is 0 Å². The van der Waals surface area contributed by atoms with Crippen LogP contribution in [0.4, 0.5) is 4.39 Å². The lowest BCUT2D eigenvalue weighted by Gasteiger charge is -2.22. The first kappa shape index (κ1) is 13.5. The molecule has 0 amide bonds. The number of ether oxygens (including phenoxy) is 1. The zero-order chi connectivity index (χ0) is 13.7. The summed E-state index contributed by atoms with van der Waals surface area (Å²) in [6, 6.07) is 6.23. The third-order valence-corrected chi connectivity index (χ3v) is 3.30. The molecule has 2 rings (SSSR count). The minimum Gasteiger partial charge on any atom is -0.411 e. The molecule has 0 bridgehead atoms. The molecule has 100 valence electrons. The van der Waals surface area contributed by atoms with Crippen molar-refractivity contribution in [3.63, 3.8) is 0 Å². The van der Waals surface area contributed by atoms with Crippen LogP contribution in [0.3, 0.4) is 0 Å². The van der Waals surface area contributed by atoms with Gasteiger partial charge in [-0.2, -0.15) is 5.26 Å². The average Bonchev–Trinajstić information content (AvgIpc) is 2.47. The van der Waals surface area contributed by atoms with E-state index >= 15 is 0 Å². The molecule has 4 nitrogen and oxygen atoms in total. The first-order chi connectivity index (χ1) is 9.22. The third-order valence-electron chi connectivity index (χ3n) is 3.30. The fourth-order valence-corrected chi connectivity index (χ4v) is 2.15. The lowest BCUT2D eigenvalue weighted by molar-refractivity contribution is 0.0263. The van der Waals surface area contributed by atoms with Gasteiger partial charge in [0.05, 0.1) is 30.1 Å². The molecule has 0 spiro atoms. The van der Waals surface area contributed by atoms with Crippen LogP contribution in [-0.2, 0) is 11.3 Å². The minimum atomic E-state index is -0.354. The van der Waals surface area contributed by atoms with Crippen molar-refractivity contribution in [2.45, 2.75) is 38.4 Å². The van der Waals surface area contributed by atoms with Crippen molar-refractivity contribution < 1.29 is 14.3 Å². The lowest BCUT2D eigenvalue weighted by Crippen LogP contribution is -2.21. The molecule has 5 heteroatoms. The van der Waals surface area contributed by atoms with Crippen molar-refractivity contribution in [2.24, 2.45) is 5.16 Å². The molecule has 0 heterocycles. The van der Waals surface area contributed by atoms with Crippen LogP contribution in [0.15, 0.2) is 23.4 Å². The monoisotopic (exact) mass is 262 g/mol. The van der Waals surface area contributed by atoms with Gasteiger partial charge in [-0.25, -0.2) is 4.39 Å². The summed E-state index contributed by atoms with van der Waals surface area (Å²) in [6.45, 7) is 0.164. The molecule has 1 fully saturated rings. The summed E-state index contributed by atoms with van der Waals surface area (Å²) in [7, 11) is 0. The molecule has 1 aromatic carbocycles. The second kappa shape index (κ2) is 6.30. The van der Waals surface area contributed by atoms with Gasteiger partial charge >= 0.3 is 0 Å². The molecule has 1 aliphatic rings. The number of nitriles is 1. The number of hydrogen-bond donors (Lipinski definition) is 1. The predicted molar refractivity (Wildman–Crippen MR) is 67.4 cm³/mol. The molecule has 0 aromatic heterocycles. The van der Waals surface area contributed by atoms with Crippen LogP contribution < -0.4 is 0 Å². The van der Waals surface area contributed by atoms with Gasteiger partial charge in [0, 0.05) is 5.56 Å². The van der Waals surface area contributed by atoms with E-state index in [0.29, 0.717) is 24.0 Å². The topological polar surface area (TPSA) is 65.6 Å². The van der Waals surface area contributed by atoms with E-state index in [1.165, 1.54) is 18.2 Å². The molecule has 0 radical (unpaired) electrons. The van der Waals surface area contributed by atoms with Gasteiger partial charge in [-0.05, 0) is 43.9 Å². The van der Waals surface area contributed by atoms with E-state index in [4.69, 9.17) is 15.2 Å². The predicted octanol–water partition coefficient (Wildman–Crippen LogP) is 2.99. The first-order valence-corrected chi connectivity index (χ1v) is 6.23. The fourth-order valence-electron chi connectivity index (χ4n) is 2.15. The van der Waals surface area contributed by atoms with Crippen LogP contribution in [0, 0.1) is 17.1 Å². The highest BCUT2D eigenvalue weighted by molar-refractivity contribution is 5.84. The number of oxime groups is 1. The van der Waals surface area contributed by atoms with Gasteiger partial charge in [0.1, 0.15) is 5.82 Å². The SMILES string of the molecule is N#Cc1ccc(F)c(COC2CCC(=NO)CC2)c1. The van der Waals surface area contributed by atoms with Gasteiger partial charge in [-0.15, -0.1) is 0 Å². The maximum atomic E-state index is 13.5. The smallest absolute Gasteiger partial charge is 0.128 e. The first-order valence-electron chi connectivity index (χ1n) is 6.23. The molecule has 1 aliphatic carbocycles. The Bertz CT molecular complexity index is 513. The maximum Gasteiger partial charge on any atom is 0.128 e. The Hall–Kier alpha value is -1.93. The highest BCUT2D eigenvalue weighted by Crippen LogP contribution is 2.21. The van der Waals surface area contributed by atoms with Gasteiger partial charge in [0.15, 0.2) is 0 Å². The van der Waals surface area contributed by atoms with Crippen molar-refractivity contribution in [1.29, 1.82) is 5.26 Å². The fraction of sp³-hybridized carbons (Fsp3) is 0.429. The largest absolute Gasteiger partial charge is 0.411 e. The standard InChI is InChI=1S/C14H15FN2O2/c15-14-6-1-10(8-16)7-11(14)9-19-13-4-2-12(17-18)3-5-13/h1,6-7,13,18H,2-5,9H2. The summed E-state index contributed by atoms with van der Waals surface area (Å²) < 4.78 is 19.2. The highest BCUT2D eigenvalue weighted by atomic mass is 19.1. The van der Waals surface area contributed by atoms with Gasteiger partial charge in [-0.1, -0.05) is 5.16 Å². The van der Waals surface area contributed by atoms with Crippen LogP contribution >= 0.6 is 0 Å². The van der Waals surface area contributed by atoms with Crippen molar-refractivity contribution >= 4 is 5.71 Å². The van der Waals surface area contributed by atoms with E-state index in [0.717, 1.165) is 18.6 Å². The van der Waals surface area contributed by atoms with Crippen LogP contribution in [0.25, 0.3) is 0 Å². The summed E-state index contributed by atoms with van der Waals surface area (Å²) in [4.78, 5) is 0. The molecular formula is C14H15FN2O2. The molecule has 1 aromatic rings. The van der Waals surface area contributed by atoms with Crippen LogP contribution in [-0.4, -0.2) is 17.0 Å². The maximum absolute atomic E-state index is 13.5. The molecule has 0 unspecified atom stereocenters. The van der Waals surface area contributed by atoms with E-state index in [1.807, 2.05) is 6.07 Å². The van der Waals surface area contributed by atoms with Gasteiger partial charge in [-0.3, -0.25) is 0 Å². The Morgan fingerprint density at radius 2 is 2.16 bits per heavy atom. The zero-order valence-corrected chi connectivity index (χ0v) is 10.5. The quantitative estimate of drug-likeness (QED) is 0.672. The average molecular weight is 262 g/mol. The van der Waals surface area contributed by atoms with Crippen LogP contribution in [0.2, 0.25) is 0 Å². The second-order valence-electron chi connectivity index (χ2n) is 4.59. The summed E-state index contributed by atoms with van der Waals surface area (Å²) in [5, 5.41) is 20.6. The Morgan fingerprint density at radius 1 is 1.42 bits per heavy atom. The number of rotatable bonds is 3. The van der Waals surface area contributed by atoms with Crippen molar-refractivity contribution in [1.82, 2.24) is 0 Å². The summed E-state index contributed by atoms with van der Waals surface area (Å²) in [5.74, 6) is -0.354. The Kier molecular flexibility index (Phi) is 4.48. The van der Waals surface area contributed by atoms with Gasteiger partial charge < -0.3 is 9.94 Å². The van der Waals surface area contributed by atoms with Crippen molar-refractivity contribution in [3.8, 4) is 6.07 Å². The van der Waals surface area contributed by atoms with E-state index < -0.39 is 0 Å². The van der Waals surface area contributed by atoms with Crippen molar-refractivity contribution in [2.75, 3.05) is 0 Å². The molecule has 0 aliphatic heterocycles. The second-order valence-corrected chi connectivity index (χ2v) is 4.59. The summed E-state index contributed by atoms with van der Waals surface area (Å²) in [6.07, 6.45) is 3.03. The Labute approximate surface area is 111 Å². The molecule has 1 N–H and O–H groups in total. The zero-order valence-electron chi connectivity index (χ0n) is 10.5.